The number of carbonyl (C=O) groups is 1. The molecule has 1 saturated carbocycles. The Morgan fingerprint density at radius 1 is 1.20 bits per heavy atom. The molecular weight excluding hydrogens is 396 g/mol. The second-order valence-electron chi connectivity index (χ2n) is 9.14. The lowest BCUT2D eigenvalue weighted by atomic mass is 9.86. The van der Waals surface area contributed by atoms with Crippen LogP contribution in [0.1, 0.15) is 78.2 Å². The Morgan fingerprint density at radius 3 is 2.80 bits per heavy atom. The van der Waals surface area contributed by atoms with E-state index in [-0.39, 0.29) is 17.5 Å². The summed E-state index contributed by atoms with van der Waals surface area (Å²) in [5.41, 5.74) is 1.75. The standard InChI is InChI=1S/C23H30N4O2S/c1-15-6-8-16(9-7-15)26-12-10-18-17(14-26)22(28)25-21(24-18)19-4-2-11-27(19)23(29)20-5-3-13-30-20/h3,5,13,15-16,19H,2,4,6-12,14H2,1H3,(H,24,25,28). The van der Waals surface area contributed by atoms with Gasteiger partial charge in [-0.2, -0.15) is 0 Å². The molecule has 6 nitrogen and oxygen atoms in total. The summed E-state index contributed by atoms with van der Waals surface area (Å²) in [6, 6.07) is 4.24. The van der Waals surface area contributed by atoms with Gasteiger partial charge in [-0.3, -0.25) is 14.5 Å². The fourth-order valence-electron chi connectivity index (χ4n) is 5.38. The first-order valence-electron chi connectivity index (χ1n) is 11.3. The second-order valence-corrected chi connectivity index (χ2v) is 10.1. The van der Waals surface area contributed by atoms with E-state index in [0.29, 0.717) is 18.4 Å². The lowest BCUT2D eigenvalue weighted by Crippen LogP contribution is -2.44. The van der Waals surface area contributed by atoms with Gasteiger partial charge in [0.25, 0.3) is 11.5 Å². The maximum Gasteiger partial charge on any atom is 0.264 e. The second kappa shape index (κ2) is 8.27. The van der Waals surface area contributed by atoms with Crippen LogP contribution in [0.2, 0.25) is 0 Å². The number of hydrogen-bond acceptors (Lipinski definition) is 5. The van der Waals surface area contributed by atoms with Crippen LogP contribution in [0.4, 0.5) is 0 Å². The molecule has 1 saturated heterocycles. The maximum atomic E-state index is 13.0. The number of aromatic nitrogens is 2. The lowest BCUT2D eigenvalue weighted by Gasteiger charge is -2.38. The fraction of sp³-hybridized carbons (Fsp3) is 0.609. The summed E-state index contributed by atoms with van der Waals surface area (Å²) in [5, 5.41) is 1.93. The zero-order valence-corrected chi connectivity index (χ0v) is 18.4. The number of carbonyl (C=O) groups excluding carboxylic acids is 1. The topological polar surface area (TPSA) is 69.3 Å². The number of H-pyrrole nitrogens is 1. The average Bonchev–Trinajstić information content (AvgIpc) is 3.46. The quantitative estimate of drug-likeness (QED) is 0.812. The van der Waals surface area contributed by atoms with E-state index < -0.39 is 0 Å². The SMILES string of the molecule is CC1CCC(N2CCc3nc(C4CCCN4C(=O)c4cccs4)[nH]c(=O)c3C2)CC1. The van der Waals surface area contributed by atoms with Gasteiger partial charge >= 0.3 is 0 Å². The number of likely N-dealkylation sites (tertiary alicyclic amines) is 1. The van der Waals surface area contributed by atoms with Gasteiger partial charge in [0, 0.05) is 32.1 Å². The molecule has 2 aromatic rings. The van der Waals surface area contributed by atoms with Crippen molar-refractivity contribution in [1.82, 2.24) is 19.8 Å². The Hall–Kier alpha value is -1.99. The van der Waals surface area contributed by atoms with E-state index in [1.165, 1.54) is 37.0 Å². The lowest BCUT2D eigenvalue weighted by molar-refractivity contribution is 0.0734. The van der Waals surface area contributed by atoms with Gasteiger partial charge in [-0.05, 0) is 55.9 Å². The summed E-state index contributed by atoms with van der Waals surface area (Å²) in [6.07, 6.45) is 7.67. The van der Waals surface area contributed by atoms with Crippen LogP contribution in [0.5, 0.6) is 0 Å². The van der Waals surface area contributed by atoms with E-state index in [0.717, 1.165) is 54.4 Å². The van der Waals surface area contributed by atoms with Gasteiger partial charge in [0.2, 0.25) is 0 Å². The van der Waals surface area contributed by atoms with Crippen molar-refractivity contribution in [2.24, 2.45) is 5.92 Å². The van der Waals surface area contributed by atoms with E-state index in [2.05, 4.69) is 16.8 Å². The van der Waals surface area contributed by atoms with Crippen LogP contribution < -0.4 is 5.56 Å². The molecule has 7 heteroatoms. The zero-order chi connectivity index (χ0) is 20.7. The van der Waals surface area contributed by atoms with Crippen molar-refractivity contribution in [2.75, 3.05) is 13.1 Å². The number of hydrogen-bond donors (Lipinski definition) is 1. The molecule has 160 valence electrons. The minimum atomic E-state index is -0.129. The van der Waals surface area contributed by atoms with Crippen LogP contribution in [0.3, 0.4) is 0 Å². The molecule has 30 heavy (non-hydrogen) atoms. The molecular formula is C23H30N4O2S. The third kappa shape index (κ3) is 3.73. The minimum Gasteiger partial charge on any atom is -0.328 e. The van der Waals surface area contributed by atoms with Gasteiger partial charge in [0.1, 0.15) is 5.82 Å². The number of amides is 1. The van der Waals surface area contributed by atoms with Gasteiger partial charge in [0.05, 0.1) is 22.2 Å². The highest BCUT2D eigenvalue weighted by atomic mass is 32.1. The smallest absolute Gasteiger partial charge is 0.264 e. The van der Waals surface area contributed by atoms with Crippen molar-refractivity contribution < 1.29 is 4.79 Å². The van der Waals surface area contributed by atoms with Crippen molar-refractivity contribution in [3.8, 4) is 0 Å². The molecule has 2 aliphatic heterocycles. The van der Waals surface area contributed by atoms with Gasteiger partial charge < -0.3 is 9.88 Å². The number of rotatable bonds is 3. The predicted molar refractivity (Wildman–Crippen MR) is 118 cm³/mol. The highest BCUT2D eigenvalue weighted by molar-refractivity contribution is 7.12. The Morgan fingerprint density at radius 2 is 2.03 bits per heavy atom. The van der Waals surface area contributed by atoms with Gasteiger partial charge in [-0.1, -0.05) is 13.0 Å². The van der Waals surface area contributed by atoms with E-state index in [1.54, 1.807) is 0 Å². The molecule has 1 amide bonds. The van der Waals surface area contributed by atoms with E-state index in [9.17, 15) is 9.59 Å². The highest BCUT2D eigenvalue weighted by Crippen LogP contribution is 2.33. The molecule has 0 aromatic carbocycles. The van der Waals surface area contributed by atoms with Crippen LogP contribution >= 0.6 is 11.3 Å². The van der Waals surface area contributed by atoms with Gasteiger partial charge in [0.15, 0.2) is 0 Å². The van der Waals surface area contributed by atoms with E-state index in [4.69, 9.17) is 4.98 Å². The van der Waals surface area contributed by atoms with Crippen LogP contribution in [0.15, 0.2) is 22.3 Å². The molecule has 1 N–H and O–H groups in total. The largest absolute Gasteiger partial charge is 0.328 e. The average molecular weight is 427 g/mol. The van der Waals surface area contributed by atoms with Crippen LogP contribution in [0, 0.1) is 5.92 Å². The van der Waals surface area contributed by atoms with Gasteiger partial charge in [-0.15, -0.1) is 11.3 Å². The Labute approximate surface area is 181 Å². The summed E-state index contributed by atoms with van der Waals surface area (Å²) in [4.78, 5) is 39.0. The summed E-state index contributed by atoms with van der Waals surface area (Å²) in [5.74, 6) is 1.55. The Balaban J connectivity index is 1.36. The summed E-state index contributed by atoms with van der Waals surface area (Å²) in [7, 11) is 0. The third-order valence-electron chi connectivity index (χ3n) is 7.18. The third-order valence-corrected chi connectivity index (χ3v) is 8.04. The monoisotopic (exact) mass is 426 g/mol. The van der Waals surface area contributed by atoms with E-state index in [1.807, 2.05) is 22.4 Å². The predicted octanol–water partition coefficient (Wildman–Crippen LogP) is 3.75. The number of nitrogens with zero attached hydrogens (tertiary/aromatic N) is 3. The van der Waals surface area contributed by atoms with Crippen molar-refractivity contribution >= 4 is 17.2 Å². The fourth-order valence-corrected chi connectivity index (χ4v) is 6.06. The molecule has 2 aromatic heterocycles. The molecule has 0 radical (unpaired) electrons. The number of fused-ring (bicyclic) bond motifs is 1. The Kier molecular flexibility index (Phi) is 5.50. The number of nitrogens with one attached hydrogen (secondary N) is 1. The van der Waals surface area contributed by atoms with Gasteiger partial charge in [-0.25, -0.2) is 4.98 Å². The van der Waals surface area contributed by atoms with E-state index >= 15 is 0 Å². The van der Waals surface area contributed by atoms with Crippen molar-refractivity contribution in [2.45, 2.75) is 70.5 Å². The summed E-state index contributed by atoms with van der Waals surface area (Å²) in [6.45, 7) is 4.74. The summed E-state index contributed by atoms with van der Waals surface area (Å²) >= 11 is 1.47. The molecule has 0 bridgehead atoms. The Bertz CT molecular complexity index is 962. The van der Waals surface area contributed by atoms with Crippen LogP contribution in [0.25, 0.3) is 0 Å². The number of thiophene rings is 1. The first-order valence-corrected chi connectivity index (χ1v) is 12.2. The molecule has 0 spiro atoms. The minimum absolute atomic E-state index is 0.0145. The number of aromatic amines is 1. The molecule has 1 unspecified atom stereocenters. The highest BCUT2D eigenvalue weighted by Gasteiger charge is 2.34. The first kappa shape index (κ1) is 19.9. The maximum absolute atomic E-state index is 13.0. The van der Waals surface area contributed by atoms with Crippen LogP contribution in [-0.2, 0) is 13.0 Å². The molecule has 2 fully saturated rings. The van der Waals surface area contributed by atoms with Crippen molar-refractivity contribution in [3.05, 3.63) is 49.8 Å². The molecule has 5 rings (SSSR count). The van der Waals surface area contributed by atoms with Crippen LogP contribution in [-0.4, -0.2) is 44.8 Å². The van der Waals surface area contributed by atoms with Crippen molar-refractivity contribution in [3.63, 3.8) is 0 Å². The molecule has 4 heterocycles. The summed E-state index contributed by atoms with van der Waals surface area (Å²) < 4.78 is 0. The van der Waals surface area contributed by atoms with Crippen molar-refractivity contribution in [1.29, 1.82) is 0 Å². The first-order chi connectivity index (χ1) is 14.6. The molecule has 3 aliphatic rings. The molecule has 1 atom stereocenters. The normalized spacial score (nSPS) is 27.2. The zero-order valence-electron chi connectivity index (χ0n) is 17.6. The molecule has 1 aliphatic carbocycles.